The van der Waals surface area contributed by atoms with Crippen molar-refractivity contribution in [3.05, 3.63) is 37.3 Å². The zero-order valence-corrected chi connectivity index (χ0v) is 8.54. The highest BCUT2D eigenvalue weighted by molar-refractivity contribution is 5.99. The van der Waals surface area contributed by atoms with E-state index in [4.69, 9.17) is 0 Å². The molecule has 0 saturated carbocycles. The molecule has 13 heavy (non-hydrogen) atoms. The smallest absolute Gasteiger partial charge is 0.210 e. The van der Waals surface area contributed by atoms with E-state index >= 15 is 0 Å². The zero-order valence-electron chi connectivity index (χ0n) is 8.54. The second kappa shape index (κ2) is 4.65. The summed E-state index contributed by atoms with van der Waals surface area (Å²) in [7, 11) is 0. The second-order valence-corrected chi connectivity index (χ2v) is 3.71. The monoisotopic (exact) mass is 179 g/mol. The summed E-state index contributed by atoms with van der Waals surface area (Å²) in [6, 6.07) is 0. The van der Waals surface area contributed by atoms with Crippen LogP contribution >= 0.6 is 0 Å². The second-order valence-electron chi connectivity index (χ2n) is 3.71. The minimum Gasteiger partial charge on any atom is -0.493 e. The molecule has 0 radical (unpaired) electrons. The minimum absolute atomic E-state index is 0.0418. The van der Waals surface area contributed by atoms with Crippen LogP contribution in [0.15, 0.2) is 42.3 Å². The lowest BCUT2D eigenvalue weighted by Gasteiger charge is -2.17. The zero-order chi connectivity index (χ0) is 10.5. The van der Waals surface area contributed by atoms with Crippen molar-refractivity contribution in [3.63, 3.8) is 0 Å². The molecule has 0 heterocycles. The van der Waals surface area contributed by atoms with Gasteiger partial charge in [0.15, 0.2) is 0 Å². The molecule has 2 nitrogen and oxygen atoms in total. The summed E-state index contributed by atoms with van der Waals surface area (Å²) in [5.41, 5.74) is 0.646. The molecule has 2 heteroatoms. The van der Waals surface area contributed by atoms with Crippen molar-refractivity contribution in [1.82, 2.24) is 0 Å². The number of hydrogen-bond acceptors (Lipinski definition) is 2. The van der Waals surface area contributed by atoms with Gasteiger partial charge in [-0.05, 0) is 12.2 Å². The molecule has 0 aromatic rings. The Kier molecular flexibility index (Phi) is 4.18. The van der Waals surface area contributed by atoms with Crippen molar-refractivity contribution in [3.8, 4) is 0 Å². The van der Waals surface area contributed by atoms with Crippen LogP contribution in [0.3, 0.4) is 0 Å². The molecule has 1 N–H and O–H groups in total. The number of rotatable bonds is 3. The van der Waals surface area contributed by atoms with Crippen molar-refractivity contribution in [2.75, 3.05) is 0 Å². The Morgan fingerprint density at radius 2 is 1.85 bits per heavy atom. The van der Waals surface area contributed by atoms with E-state index in [2.05, 4.69) is 18.2 Å². The Bertz CT molecular complexity index is 254. The van der Waals surface area contributed by atoms with Gasteiger partial charge in [0.25, 0.3) is 0 Å². The largest absolute Gasteiger partial charge is 0.493 e. The van der Waals surface area contributed by atoms with Crippen LogP contribution in [0, 0.1) is 5.41 Å². The van der Waals surface area contributed by atoms with Crippen LogP contribution < -0.4 is 0 Å². The Morgan fingerprint density at radius 1 is 1.31 bits per heavy atom. The van der Waals surface area contributed by atoms with Crippen LogP contribution in [0.1, 0.15) is 20.8 Å². The molecule has 0 aliphatic heterocycles. The van der Waals surface area contributed by atoms with Gasteiger partial charge in [-0.15, -0.1) is 0 Å². The Labute approximate surface area is 80.0 Å². The maximum Gasteiger partial charge on any atom is 0.210 e. The normalized spacial score (nSPS) is 14.1. The van der Waals surface area contributed by atoms with E-state index in [0.717, 1.165) is 5.71 Å². The Balaban J connectivity index is 4.88. The van der Waals surface area contributed by atoms with Crippen molar-refractivity contribution in [2.24, 2.45) is 10.4 Å². The van der Waals surface area contributed by atoms with Gasteiger partial charge in [-0.3, -0.25) is 0 Å². The van der Waals surface area contributed by atoms with Gasteiger partial charge in [0.05, 0.1) is 0 Å². The third-order valence-electron chi connectivity index (χ3n) is 1.46. The molecule has 0 aliphatic carbocycles. The van der Waals surface area contributed by atoms with Crippen LogP contribution in [0.2, 0.25) is 0 Å². The van der Waals surface area contributed by atoms with Gasteiger partial charge in [0.1, 0.15) is 0 Å². The standard InChI is InChI=1S/C11H17NO/c1-6-8-10(13)12-9(7-2)11(3,4)5/h6-8,13H,1-2H2,3-5H3/b10-8+,12-9+. The van der Waals surface area contributed by atoms with E-state index in [9.17, 15) is 5.11 Å². The van der Waals surface area contributed by atoms with Gasteiger partial charge in [-0.1, -0.05) is 40.0 Å². The molecule has 0 amide bonds. The quantitative estimate of drug-likeness (QED) is 0.402. The Hall–Kier alpha value is -1.31. The number of aliphatic imine (C=N–C) groups is 1. The van der Waals surface area contributed by atoms with Gasteiger partial charge in [0.2, 0.25) is 5.88 Å². The molecule has 0 rings (SSSR count). The molecule has 0 bridgehead atoms. The first-order valence-corrected chi connectivity index (χ1v) is 4.15. The van der Waals surface area contributed by atoms with Gasteiger partial charge < -0.3 is 5.11 Å². The summed E-state index contributed by atoms with van der Waals surface area (Å²) < 4.78 is 0. The number of aliphatic hydroxyl groups is 1. The van der Waals surface area contributed by atoms with Crippen LogP contribution in [-0.4, -0.2) is 10.8 Å². The average Bonchev–Trinajstić information content (AvgIpc) is 1.98. The molecule has 0 aromatic heterocycles. The van der Waals surface area contributed by atoms with Gasteiger partial charge in [0, 0.05) is 11.1 Å². The van der Waals surface area contributed by atoms with Crippen molar-refractivity contribution in [1.29, 1.82) is 0 Å². The van der Waals surface area contributed by atoms with Crippen molar-refractivity contribution >= 4 is 5.71 Å². The molecule has 0 saturated heterocycles. The molecule has 72 valence electrons. The van der Waals surface area contributed by atoms with E-state index in [0.29, 0.717) is 0 Å². The van der Waals surface area contributed by atoms with Gasteiger partial charge in [-0.2, -0.15) is 0 Å². The summed E-state index contributed by atoms with van der Waals surface area (Å²) in [6.07, 6.45) is 4.57. The maximum atomic E-state index is 9.27. The van der Waals surface area contributed by atoms with Crippen LogP contribution in [0.25, 0.3) is 0 Å². The summed E-state index contributed by atoms with van der Waals surface area (Å²) >= 11 is 0. The third kappa shape index (κ3) is 4.31. The van der Waals surface area contributed by atoms with Crippen molar-refractivity contribution < 1.29 is 5.11 Å². The predicted octanol–water partition coefficient (Wildman–Crippen LogP) is 3.24. The average molecular weight is 179 g/mol. The number of allylic oxidation sites excluding steroid dienone is 3. The fraction of sp³-hybridized carbons (Fsp3) is 0.364. The molecule has 0 unspecified atom stereocenters. The highest BCUT2D eigenvalue weighted by Crippen LogP contribution is 2.17. The predicted molar refractivity (Wildman–Crippen MR) is 58.0 cm³/mol. The molecule has 0 fully saturated rings. The fourth-order valence-corrected chi connectivity index (χ4v) is 0.786. The molecule has 0 aliphatic rings. The first-order chi connectivity index (χ1) is 5.91. The van der Waals surface area contributed by atoms with E-state index in [1.165, 1.54) is 12.2 Å². The van der Waals surface area contributed by atoms with Crippen LogP contribution in [0.4, 0.5) is 0 Å². The van der Waals surface area contributed by atoms with Crippen molar-refractivity contribution in [2.45, 2.75) is 20.8 Å². The third-order valence-corrected chi connectivity index (χ3v) is 1.46. The summed E-state index contributed by atoms with van der Waals surface area (Å²) in [6.45, 7) is 13.1. The van der Waals surface area contributed by atoms with E-state index < -0.39 is 0 Å². The lowest BCUT2D eigenvalue weighted by Crippen LogP contribution is -2.17. The van der Waals surface area contributed by atoms with Gasteiger partial charge >= 0.3 is 0 Å². The van der Waals surface area contributed by atoms with E-state index in [-0.39, 0.29) is 11.3 Å². The number of hydrogen-bond donors (Lipinski definition) is 1. The molecular weight excluding hydrogens is 162 g/mol. The van der Waals surface area contributed by atoms with E-state index in [1.54, 1.807) is 6.08 Å². The van der Waals surface area contributed by atoms with E-state index in [1.807, 2.05) is 20.8 Å². The molecule has 0 spiro atoms. The lowest BCUT2D eigenvalue weighted by molar-refractivity contribution is 0.405. The van der Waals surface area contributed by atoms with Gasteiger partial charge in [-0.25, -0.2) is 4.99 Å². The topological polar surface area (TPSA) is 32.6 Å². The Morgan fingerprint density at radius 3 is 2.15 bits per heavy atom. The summed E-state index contributed by atoms with van der Waals surface area (Å²) in [4.78, 5) is 4.00. The molecular formula is C11H17NO. The van der Waals surface area contributed by atoms with Crippen LogP contribution in [-0.2, 0) is 0 Å². The lowest BCUT2D eigenvalue weighted by atomic mass is 9.90. The first kappa shape index (κ1) is 11.7. The van der Waals surface area contributed by atoms with Crippen LogP contribution in [0.5, 0.6) is 0 Å². The first-order valence-electron chi connectivity index (χ1n) is 4.15. The summed E-state index contributed by atoms with van der Waals surface area (Å²) in [5, 5.41) is 9.27. The number of aliphatic hydroxyl groups excluding tert-OH is 1. The molecule has 0 atom stereocenters. The highest BCUT2D eigenvalue weighted by Gasteiger charge is 2.15. The maximum absolute atomic E-state index is 9.27. The highest BCUT2D eigenvalue weighted by atomic mass is 16.3. The molecule has 0 aromatic carbocycles. The summed E-state index contributed by atoms with van der Waals surface area (Å²) in [5.74, 6) is -0.0418. The SMILES string of the molecule is C=C/C=C(O)\N=C(/C=C)C(C)(C)C. The fourth-order valence-electron chi connectivity index (χ4n) is 0.786. The number of nitrogens with zero attached hydrogens (tertiary/aromatic N) is 1. The minimum atomic E-state index is -0.106.